The molecule has 160 valence electrons. The second-order valence-electron chi connectivity index (χ2n) is 7.47. The number of hydrogen-bond acceptors (Lipinski definition) is 4. The molecule has 7 nitrogen and oxygen atoms in total. The van der Waals surface area contributed by atoms with E-state index in [-0.39, 0.29) is 33.2 Å². The molecule has 1 saturated heterocycles. The van der Waals surface area contributed by atoms with Gasteiger partial charge in [0.25, 0.3) is 15.9 Å². The molecule has 2 amide bonds. The number of amides is 2. The standard InChI is InChI=1S/C21H24ClN3O4S/c1-13-4-3-5-18(14(13)2)24-30(28,29)19-12-16(6-7-17(19)22)21(27)25-10-8-15(9-11-25)20(23)26/h3-7,12,15,24H,8-11H2,1-2H3,(H2,23,26). The van der Waals surface area contributed by atoms with Gasteiger partial charge >= 0.3 is 0 Å². The Morgan fingerprint density at radius 2 is 1.80 bits per heavy atom. The number of hydrogen-bond donors (Lipinski definition) is 2. The zero-order valence-electron chi connectivity index (χ0n) is 16.8. The highest BCUT2D eigenvalue weighted by atomic mass is 35.5. The summed E-state index contributed by atoms with van der Waals surface area (Å²) in [5, 5.41) is 0.0248. The number of nitrogens with two attached hydrogens (primary N) is 1. The van der Waals surface area contributed by atoms with Crippen LogP contribution in [0.4, 0.5) is 5.69 Å². The summed E-state index contributed by atoms with van der Waals surface area (Å²) in [5.41, 5.74) is 7.77. The van der Waals surface area contributed by atoms with Gasteiger partial charge in [0.1, 0.15) is 4.90 Å². The summed E-state index contributed by atoms with van der Waals surface area (Å²) >= 11 is 6.17. The van der Waals surface area contributed by atoms with Crippen molar-refractivity contribution in [2.75, 3.05) is 17.8 Å². The molecule has 2 aromatic carbocycles. The average Bonchev–Trinajstić information content (AvgIpc) is 2.71. The van der Waals surface area contributed by atoms with E-state index < -0.39 is 10.0 Å². The van der Waals surface area contributed by atoms with E-state index in [0.717, 1.165) is 11.1 Å². The normalized spacial score (nSPS) is 15.1. The number of anilines is 1. The van der Waals surface area contributed by atoms with Crippen LogP contribution < -0.4 is 10.5 Å². The van der Waals surface area contributed by atoms with Gasteiger partial charge in [-0.1, -0.05) is 23.7 Å². The zero-order chi connectivity index (χ0) is 22.1. The summed E-state index contributed by atoms with van der Waals surface area (Å²) in [7, 11) is -4.00. The van der Waals surface area contributed by atoms with Gasteiger partial charge in [-0.2, -0.15) is 0 Å². The minimum Gasteiger partial charge on any atom is -0.369 e. The fraction of sp³-hybridized carbons (Fsp3) is 0.333. The molecular formula is C21H24ClN3O4S. The largest absolute Gasteiger partial charge is 0.369 e. The number of carbonyl (C=O) groups excluding carboxylic acids is 2. The van der Waals surface area contributed by atoms with Gasteiger partial charge in [0.05, 0.1) is 10.7 Å². The van der Waals surface area contributed by atoms with Crippen molar-refractivity contribution >= 4 is 39.1 Å². The molecular weight excluding hydrogens is 426 g/mol. The van der Waals surface area contributed by atoms with E-state index in [0.29, 0.717) is 31.6 Å². The number of benzene rings is 2. The van der Waals surface area contributed by atoms with E-state index in [1.807, 2.05) is 19.9 Å². The molecule has 0 aliphatic carbocycles. The molecule has 2 aromatic rings. The van der Waals surface area contributed by atoms with Crippen LogP contribution in [0.5, 0.6) is 0 Å². The minimum atomic E-state index is -4.00. The molecule has 0 unspecified atom stereocenters. The molecule has 1 aliphatic heterocycles. The Morgan fingerprint density at radius 1 is 1.13 bits per heavy atom. The third kappa shape index (κ3) is 4.60. The Labute approximate surface area is 181 Å². The molecule has 1 fully saturated rings. The van der Waals surface area contributed by atoms with Crippen molar-refractivity contribution in [2.45, 2.75) is 31.6 Å². The molecule has 1 aliphatic rings. The molecule has 3 rings (SSSR count). The van der Waals surface area contributed by atoms with E-state index in [1.165, 1.54) is 18.2 Å². The van der Waals surface area contributed by atoms with E-state index in [1.54, 1.807) is 17.0 Å². The van der Waals surface area contributed by atoms with Crippen LogP contribution in [-0.4, -0.2) is 38.2 Å². The van der Waals surface area contributed by atoms with Crippen molar-refractivity contribution < 1.29 is 18.0 Å². The molecule has 0 bridgehead atoms. The second kappa shape index (κ2) is 8.65. The summed E-state index contributed by atoms with van der Waals surface area (Å²) in [6.07, 6.45) is 0.988. The summed E-state index contributed by atoms with van der Waals surface area (Å²) in [6, 6.07) is 9.52. The predicted octanol–water partition coefficient (Wildman–Crippen LogP) is 3.10. The highest BCUT2D eigenvalue weighted by Gasteiger charge is 2.28. The summed E-state index contributed by atoms with van der Waals surface area (Å²) in [4.78, 5) is 25.6. The van der Waals surface area contributed by atoms with Gasteiger partial charge < -0.3 is 10.6 Å². The van der Waals surface area contributed by atoms with Gasteiger partial charge in [-0.05, 0) is 62.1 Å². The van der Waals surface area contributed by atoms with Gasteiger partial charge in [-0.3, -0.25) is 14.3 Å². The van der Waals surface area contributed by atoms with Gasteiger partial charge in [0.2, 0.25) is 5.91 Å². The molecule has 30 heavy (non-hydrogen) atoms. The number of rotatable bonds is 5. The van der Waals surface area contributed by atoms with Crippen LogP contribution in [0.3, 0.4) is 0 Å². The van der Waals surface area contributed by atoms with Crippen molar-refractivity contribution in [3.05, 3.63) is 58.1 Å². The maximum absolute atomic E-state index is 13.0. The number of sulfonamides is 1. The van der Waals surface area contributed by atoms with Crippen LogP contribution in [0, 0.1) is 19.8 Å². The lowest BCUT2D eigenvalue weighted by Gasteiger charge is -2.30. The Kier molecular flexibility index (Phi) is 6.38. The molecule has 0 saturated carbocycles. The predicted molar refractivity (Wildman–Crippen MR) is 116 cm³/mol. The molecule has 3 N–H and O–H groups in total. The maximum Gasteiger partial charge on any atom is 0.263 e. The van der Waals surface area contributed by atoms with Crippen LogP contribution in [0.1, 0.15) is 34.3 Å². The number of nitrogens with one attached hydrogen (secondary N) is 1. The second-order valence-corrected chi connectivity index (χ2v) is 9.53. The lowest BCUT2D eigenvalue weighted by atomic mass is 9.96. The molecule has 0 aromatic heterocycles. The van der Waals surface area contributed by atoms with E-state index in [4.69, 9.17) is 17.3 Å². The fourth-order valence-electron chi connectivity index (χ4n) is 3.45. The number of piperidine rings is 1. The zero-order valence-corrected chi connectivity index (χ0v) is 18.4. The minimum absolute atomic E-state index is 0.0248. The van der Waals surface area contributed by atoms with Crippen molar-refractivity contribution in [3.8, 4) is 0 Å². The van der Waals surface area contributed by atoms with Crippen molar-refractivity contribution in [1.29, 1.82) is 0 Å². The van der Waals surface area contributed by atoms with Crippen LogP contribution in [0.15, 0.2) is 41.3 Å². The van der Waals surface area contributed by atoms with Gasteiger partial charge in [0.15, 0.2) is 0 Å². The fourth-order valence-corrected chi connectivity index (χ4v) is 5.10. The van der Waals surface area contributed by atoms with E-state index in [2.05, 4.69) is 4.72 Å². The number of likely N-dealkylation sites (tertiary alicyclic amines) is 1. The van der Waals surface area contributed by atoms with E-state index in [9.17, 15) is 18.0 Å². The van der Waals surface area contributed by atoms with Crippen molar-refractivity contribution in [3.63, 3.8) is 0 Å². The van der Waals surface area contributed by atoms with Crippen molar-refractivity contribution in [2.24, 2.45) is 11.7 Å². The first-order valence-electron chi connectivity index (χ1n) is 9.57. The third-order valence-corrected chi connectivity index (χ3v) is 7.35. The molecule has 9 heteroatoms. The molecule has 0 atom stereocenters. The summed E-state index contributed by atoms with van der Waals surface area (Å²) in [5.74, 6) is -0.908. The van der Waals surface area contributed by atoms with Gasteiger partial charge in [0, 0.05) is 24.6 Å². The topological polar surface area (TPSA) is 110 Å². The first kappa shape index (κ1) is 22.1. The quantitative estimate of drug-likeness (QED) is 0.730. The van der Waals surface area contributed by atoms with Crippen LogP contribution >= 0.6 is 11.6 Å². The lowest BCUT2D eigenvalue weighted by molar-refractivity contribution is -0.123. The van der Waals surface area contributed by atoms with Gasteiger partial charge in [-0.25, -0.2) is 8.42 Å². The lowest BCUT2D eigenvalue weighted by Crippen LogP contribution is -2.41. The average molecular weight is 450 g/mol. The Bertz CT molecular complexity index is 1090. The molecule has 1 heterocycles. The number of nitrogens with zero attached hydrogens (tertiary/aromatic N) is 1. The monoisotopic (exact) mass is 449 g/mol. The van der Waals surface area contributed by atoms with Crippen LogP contribution in [0.2, 0.25) is 5.02 Å². The Morgan fingerprint density at radius 3 is 2.43 bits per heavy atom. The Hall–Kier alpha value is -2.58. The number of primary amides is 1. The van der Waals surface area contributed by atoms with Crippen LogP contribution in [-0.2, 0) is 14.8 Å². The summed E-state index contributed by atoms with van der Waals surface area (Å²) < 4.78 is 28.5. The molecule has 0 radical (unpaired) electrons. The van der Waals surface area contributed by atoms with Gasteiger partial charge in [-0.15, -0.1) is 0 Å². The Balaban J connectivity index is 1.85. The molecule has 0 spiro atoms. The highest BCUT2D eigenvalue weighted by Crippen LogP contribution is 2.28. The number of aryl methyl sites for hydroxylation is 1. The van der Waals surface area contributed by atoms with Crippen molar-refractivity contribution in [1.82, 2.24) is 4.90 Å². The maximum atomic E-state index is 13.0. The van der Waals surface area contributed by atoms with E-state index >= 15 is 0 Å². The third-order valence-electron chi connectivity index (χ3n) is 5.50. The smallest absolute Gasteiger partial charge is 0.263 e. The SMILES string of the molecule is Cc1cccc(NS(=O)(=O)c2cc(C(=O)N3CCC(C(N)=O)CC3)ccc2Cl)c1C. The number of carbonyl (C=O) groups is 2. The summed E-state index contributed by atoms with van der Waals surface area (Å²) in [6.45, 7) is 4.49. The first-order valence-corrected chi connectivity index (χ1v) is 11.4. The number of halogens is 1. The highest BCUT2D eigenvalue weighted by molar-refractivity contribution is 7.92. The van der Waals surface area contributed by atoms with Crippen LogP contribution in [0.25, 0.3) is 0 Å². The first-order chi connectivity index (χ1) is 14.1.